The van der Waals surface area contributed by atoms with Crippen LogP contribution in [0.15, 0.2) is 53.0 Å². The van der Waals surface area contributed by atoms with Gasteiger partial charge in [-0.2, -0.15) is 5.26 Å². The van der Waals surface area contributed by atoms with Gasteiger partial charge in [0, 0.05) is 10.0 Å². The second kappa shape index (κ2) is 6.36. The van der Waals surface area contributed by atoms with Gasteiger partial charge in [-0.3, -0.25) is 4.79 Å². The zero-order valence-electron chi connectivity index (χ0n) is 10.8. The molecule has 0 N–H and O–H groups in total. The summed E-state index contributed by atoms with van der Waals surface area (Å²) in [6.45, 7) is 0. The third kappa shape index (κ3) is 3.06. The number of halogens is 1. The molecule has 4 heteroatoms. The normalized spacial score (nSPS) is 11.4. The Morgan fingerprint density at radius 3 is 2.55 bits per heavy atom. The first-order chi connectivity index (χ1) is 9.65. The fraction of sp³-hybridized carbons (Fsp3) is 0.125. The Bertz CT molecular complexity index is 659. The summed E-state index contributed by atoms with van der Waals surface area (Å²) in [5, 5.41) is 9.29. The van der Waals surface area contributed by atoms with Crippen molar-refractivity contribution in [2.24, 2.45) is 0 Å². The lowest BCUT2D eigenvalue weighted by Gasteiger charge is -2.09. The van der Waals surface area contributed by atoms with E-state index in [1.165, 1.54) is 0 Å². The molecule has 0 radical (unpaired) electrons. The lowest BCUT2D eigenvalue weighted by atomic mass is 9.92. The monoisotopic (exact) mass is 329 g/mol. The fourth-order valence-corrected chi connectivity index (χ4v) is 2.15. The number of hydrogen-bond acceptors (Lipinski definition) is 3. The van der Waals surface area contributed by atoms with E-state index in [4.69, 9.17) is 4.74 Å². The van der Waals surface area contributed by atoms with Crippen LogP contribution in [0.25, 0.3) is 0 Å². The van der Waals surface area contributed by atoms with Crippen LogP contribution < -0.4 is 4.74 Å². The van der Waals surface area contributed by atoms with Crippen LogP contribution in [0.4, 0.5) is 0 Å². The molecule has 20 heavy (non-hydrogen) atoms. The average molecular weight is 330 g/mol. The van der Waals surface area contributed by atoms with Crippen molar-refractivity contribution >= 4 is 21.7 Å². The van der Waals surface area contributed by atoms with Crippen molar-refractivity contribution in [2.75, 3.05) is 7.11 Å². The van der Waals surface area contributed by atoms with Gasteiger partial charge in [0.25, 0.3) is 0 Å². The molecule has 0 aliphatic carbocycles. The van der Waals surface area contributed by atoms with Crippen LogP contribution >= 0.6 is 15.9 Å². The lowest BCUT2D eigenvalue weighted by Crippen LogP contribution is -2.11. The molecular weight excluding hydrogens is 318 g/mol. The van der Waals surface area contributed by atoms with Crippen LogP contribution in [-0.2, 0) is 0 Å². The third-order valence-electron chi connectivity index (χ3n) is 2.95. The summed E-state index contributed by atoms with van der Waals surface area (Å²) in [5.74, 6) is -0.438. The first-order valence-electron chi connectivity index (χ1n) is 5.99. The Kier molecular flexibility index (Phi) is 4.54. The first kappa shape index (κ1) is 14.3. The maximum absolute atomic E-state index is 12.4. The number of Topliss-reactive ketones (excluding diaryl/α,β-unsaturated/α-hetero) is 1. The van der Waals surface area contributed by atoms with Crippen LogP contribution in [0.5, 0.6) is 5.75 Å². The van der Waals surface area contributed by atoms with E-state index in [2.05, 4.69) is 22.0 Å². The molecule has 2 rings (SSSR count). The average Bonchev–Trinajstić information content (AvgIpc) is 2.50. The topological polar surface area (TPSA) is 50.1 Å². The molecule has 0 heterocycles. The molecule has 0 bridgehead atoms. The van der Waals surface area contributed by atoms with Crippen molar-refractivity contribution < 1.29 is 9.53 Å². The maximum atomic E-state index is 12.4. The van der Waals surface area contributed by atoms with Gasteiger partial charge in [-0.15, -0.1) is 0 Å². The maximum Gasteiger partial charge on any atom is 0.184 e. The highest BCUT2D eigenvalue weighted by Gasteiger charge is 2.21. The minimum absolute atomic E-state index is 0.228. The van der Waals surface area contributed by atoms with Gasteiger partial charge < -0.3 is 4.74 Å². The molecule has 100 valence electrons. The molecule has 0 amide bonds. The van der Waals surface area contributed by atoms with Crippen molar-refractivity contribution in [2.45, 2.75) is 5.92 Å². The van der Waals surface area contributed by atoms with Crippen LogP contribution in [0.2, 0.25) is 0 Å². The molecule has 0 spiro atoms. The highest BCUT2D eigenvalue weighted by molar-refractivity contribution is 9.10. The van der Waals surface area contributed by atoms with Gasteiger partial charge >= 0.3 is 0 Å². The molecule has 0 aliphatic heterocycles. The predicted molar refractivity (Wildman–Crippen MR) is 79.8 cm³/mol. The Hall–Kier alpha value is -2.12. The molecule has 2 aromatic carbocycles. The van der Waals surface area contributed by atoms with Gasteiger partial charge in [-0.1, -0.05) is 40.2 Å². The summed E-state index contributed by atoms with van der Waals surface area (Å²) in [6.07, 6.45) is 0. The zero-order valence-corrected chi connectivity index (χ0v) is 12.4. The molecule has 1 unspecified atom stereocenters. The largest absolute Gasteiger partial charge is 0.497 e. The minimum Gasteiger partial charge on any atom is -0.497 e. The second-order valence-electron chi connectivity index (χ2n) is 4.21. The number of ketones is 1. The Morgan fingerprint density at radius 1 is 1.25 bits per heavy atom. The minimum atomic E-state index is -0.810. The summed E-state index contributed by atoms with van der Waals surface area (Å²) < 4.78 is 6.01. The van der Waals surface area contributed by atoms with Crippen LogP contribution in [0.3, 0.4) is 0 Å². The number of rotatable bonds is 4. The van der Waals surface area contributed by atoms with Crippen molar-refractivity contribution in [1.82, 2.24) is 0 Å². The van der Waals surface area contributed by atoms with Crippen molar-refractivity contribution in [3.05, 3.63) is 64.1 Å². The van der Waals surface area contributed by atoms with E-state index in [1.54, 1.807) is 43.5 Å². The standard InChI is InChI=1S/C16H12BrNO2/c1-20-14-4-2-3-12(9-14)16(19)15(10-18)11-5-7-13(17)8-6-11/h2-9,15H,1H3. The smallest absolute Gasteiger partial charge is 0.184 e. The quantitative estimate of drug-likeness (QED) is 0.798. The molecule has 2 aromatic rings. The highest BCUT2D eigenvalue weighted by atomic mass is 79.9. The number of carbonyl (C=O) groups is 1. The molecule has 0 aromatic heterocycles. The number of ether oxygens (including phenoxy) is 1. The fourth-order valence-electron chi connectivity index (χ4n) is 1.88. The summed E-state index contributed by atoms with van der Waals surface area (Å²) in [7, 11) is 1.54. The van der Waals surface area contributed by atoms with Gasteiger partial charge in [0.15, 0.2) is 5.78 Å². The van der Waals surface area contributed by atoms with Crippen LogP contribution in [-0.4, -0.2) is 12.9 Å². The summed E-state index contributed by atoms with van der Waals surface area (Å²) in [4.78, 5) is 12.4. The summed E-state index contributed by atoms with van der Waals surface area (Å²) >= 11 is 3.33. The number of nitrogens with zero attached hydrogens (tertiary/aromatic N) is 1. The molecule has 0 aliphatic rings. The number of methoxy groups -OCH3 is 1. The van der Waals surface area contributed by atoms with E-state index in [-0.39, 0.29) is 5.78 Å². The van der Waals surface area contributed by atoms with E-state index in [1.807, 2.05) is 12.1 Å². The summed E-state index contributed by atoms with van der Waals surface area (Å²) in [5.41, 5.74) is 1.15. The molecule has 0 fully saturated rings. The Morgan fingerprint density at radius 2 is 1.95 bits per heavy atom. The second-order valence-corrected chi connectivity index (χ2v) is 5.13. The third-order valence-corrected chi connectivity index (χ3v) is 3.48. The van der Waals surface area contributed by atoms with Gasteiger partial charge in [-0.05, 0) is 29.8 Å². The Labute approximate surface area is 125 Å². The Balaban J connectivity index is 2.34. The van der Waals surface area contributed by atoms with Crippen LogP contribution in [0, 0.1) is 11.3 Å². The molecule has 0 saturated carbocycles. The number of benzene rings is 2. The van der Waals surface area contributed by atoms with Crippen molar-refractivity contribution in [3.8, 4) is 11.8 Å². The van der Waals surface area contributed by atoms with E-state index in [9.17, 15) is 10.1 Å². The molecule has 0 saturated heterocycles. The lowest BCUT2D eigenvalue weighted by molar-refractivity contribution is 0.0978. The zero-order chi connectivity index (χ0) is 14.5. The van der Waals surface area contributed by atoms with E-state index < -0.39 is 5.92 Å². The number of hydrogen-bond donors (Lipinski definition) is 0. The predicted octanol–water partition coefficient (Wildman–Crippen LogP) is 3.95. The van der Waals surface area contributed by atoms with E-state index in [0.717, 1.165) is 4.47 Å². The van der Waals surface area contributed by atoms with Crippen molar-refractivity contribution in [1.29, 1.82) is 5.26 Å². The highest BCUT2D eigenvalue weighted by Crippen LogP contribution is 2.24. The molecule has 3 nitrogen and oxygen atoms in total. The van der Waals surface area contributed by atoms with Gasteiger partial charge in [-0.25, -0.2) is 0 Å². The van der Waals surface area contributed by atoms with Gasteiger partial charge in [0.05, 0.1) is 13.2 Å². The summed E-state index contributed by atoms with van der Waals surface area (Å²) in [6, 6.07) is 16.1. The SMILES string of the molecule is COc1cccc(C(=O)C(C#N)c2ccc(Br)cc2)c1. The van der Waals surface area contributed by atoms with Gasteiger partial charge in [0.1, 0.15) is 11.7 Å². The van der Waals surface area contributed by atoms with Crippen LogP contribution in [0.1, 0.15) is 21.8 Å². The van der Waals surface area contributed by atoms with Gasteiger partial charge in [0.2, 0.25) is 0 Å². The van der Waals surface area contributed by atoms with Crippen molar-refractivity contribution in [3.63, 3.8) is 0 Å². The first-order valence-corrected chi connectivity index (χ1v) is 6.78. The van der Waals surface area contributed by atoms with E-state index in [0.29, 0.717) is 16.9 Å². The molecule has 1 atom stereocenters. The molecular formula is C16H12BrNO2. The number of nitriles is 1. The number of carbonyl (C=O) groups excluding carboxylic acids is 1. The van der Waals surface area contributed by atoms with E-state index >= 15 is 0 Å².